The lowest BCUT2D eigenvalue weighted by atomic mass is 9.92. The standard InChI is InChI=1S/C15H21NO3/c1-10-7-8-11(9-14(10)19-2)15(18)16-12-5-3-4-6-13(12)17/h7-9,12-13,17H,3-6H2,1-2H3,(H,16,18)/t12-,13-/m0/s1. The minimum atomic E-state index is -0.426. The van der Waals surface area contributed by atoms with E-state index in [1.165, 1.54) is 0 Å². The van der Waals surface area contributed by atoms with Crippen molar-refractivity contribution in [2.24, 2.45) is 0 Å². The first-order valence-electron chi connectivity index (χ1n) is 6.75. The van der Waals surface area contributed by atoms with Gasteiger partial charge in [0.2, 0.25) is 0 Å². The molecule has 0 spiro atoms. The zero-order chi connectivity index (χ0) is 13.8. The number of carbonyl (C=O) groups is 1. The van der Waals surface area contributed by atoms with Gasteiger partial charge in [-0.05, 0) is 37.5 Å². The van der Waals surface area contributed by atoms with Crippen LogP contribution in [0.15, 0.2) is 18.2 Å². The lowest BCUT2D eigenvalue weighted by molar-refractivity contribution is 0.0717. The zero-order valence-corrected chi connectivity index (χ0v) is 11.5. The van der Waals surface area contributed by atoms with E-state index in [2.05, 4.69) is 5.32 Å². The number of aliphatic hydroxyl groups excluding tert-OH is 1. The van der Waals surface area contributed by atoms with E-state index < -0.39 is 6.10 Å². The first kappa shape index (κ1) is 13.9. The highest BCUT2D eigenvalue weighted by atomic mass is 16.5. The fraction of sp³-hybridized carbons (Fsp3) is 0.533. The molecule has 1 aromatic rings. The Morgan fingerprint density at radius 2 is 2.11 bits per heavy atom. The van der Waals surface area contributed by atoms with Gasteiger partial charge < -0.3 is 15.2 Å². The number of hydrogen-bond acceptors (Lipinski definition) is 3. The highest BCUT2D eigenvalue weighted by molar-refractivity contribution is 5.95. The second-order valence-electron chi connectivity index (χ2n) is 5.12. The number of hydrogen-bond donors (Lipinski definition) is 2. The number of ether oxygens (including phenoxy) is 1. The second-order valence-corrected chi connectivity index (χ2v) is 5.12. The summed E-state index contributed by atoms with van der Waals surface area (Å²) < 4.78 is 5.22. The predicted octanol–water partition coefficient (Wildman–Crippen LogP) is 2.04. The SMILES string of the molecule is COc1cc(C(=O)N[C@H]2CCCC[C@@H]2O)ccc1C. The second kappa shape index (κ2) is 6.06. The normalized spacial score (nSPS) is 22.9. The minimum absolute atomic E-state index is 0.131. The van der Waals surface area contributed by atoms with Gasteiger partial charge in [-0.15, -0.1) is 0 Å². The summed E-state index contributed by atoms with van der Waals surface area (Å²) in [6.07, 6.45) is 3.27. The van der Waals surface area contributed by atoms with Gasteiger partial charge in [-0.3, -0.25) is 4.79 Å². The van der Waals surface area contributed by atoms with E-state index in [1.807, 2.05) is 13.0 Å². The number of aliphatic hydroxyl groups is 1. The Morgan fingerprint density at radius 3 is 2.79 bits per heavy atom. The maximum absolute atomic E-state index is 12.2. The molecule has 1 aliphatic carbocycles. The molecule has 0 saturated heterocycles. The summed E-state index contributed by atoms with van der Waals surface area (Å²) in [5.74, 6) is 0.557. The molecule has 104 valence electrons. The Kier molecular flexibility index (Phi) is 4.43. The zero-order valence-electron chi connectivity index (χ0n) is 11.5. The van der Waals surface area contributed by atoms with Crippen molar-refractivity contribution >= 4 is 5.91 Å². The molecule has 1 saturated carbocycles. The average molecular weight is 263 g/mol. The van der Waals surface area contributed by atoms with Crippen LogP contribution >= 0.6 is 0 Å². The molecule has 1 amide bonds. The van der Waals surface area contributed by atoms with E-state index in [1.54, 1.807) is 19.2 Å². The topological polar surface area (TPSA) is 58.6 Å². The molecule has 1 aliphatic rings. The largest absolute Gasteiger partial charge is 0.496 e. The molecule has 0 radical (unpaired) electrons. The van der Waals surface area contributed by atoms with Crippen LogP contribution < -0.4 is 10.1 Å². The number of nitrogens with one attached hydrogen (secondary N) is 1. The van der Waals surface area contributed by atoms with Gasteiger partial charge in [0.1, 0.15) is 5.75 Å². The Balaban J connectivity index is 2.07. The number of methoxy groups -OCH3 is 1. The summed E-state index contributed by atoms with van der Waals surface area (Å²) in [7, 11) is 1.59. The van der Waals surface area contributed by atoms with Crippen molar-refractivity contribution in [3.63, 3.8) is 0 Å². The summed E-state index contributed by atoms with van der Waals surface area (Å²) in [5.41, 5.74) is 1.57. The van der Waals surface area contributed by atoms with Gasteiger partial charge in [0.25, 0.3) is 5.91 Å². The lowest BCUT2D eigenvalue weighted by Gasteiger charge is -2.28. The maximum Gasteiger partial charge on any atom is 0.251 e. The number of benzene rings is 1. The third-order valence-electron chi connectivity index (χ3n) is 3.72. The molecule has 4 heteroatoms. The molecule has 0 aromatic heterocycles. The molecule has 2 atom stereocenters. The van der Waals surface area contributed by atoms with Crippen molar-refractivity contribution < 1.29 is 14.6 Å². The third-order valence-corrected chi connectivity index (χ3v) is 3.72. The van der Waals surface area contributed by atoms with Crippen LogP contribution in [0.25, 0.3) is 0 Å². The van der Waals surface area contributed by atoms with Crippen LogP contribution in [0.3, 0.4) is 0 Å². The van der Waals surface area contributed by atoms with Crippen LogP contribution in [0.2, 0.25) is 0 Å². The van der Waals surface area contributed by atoms with Crippen LogP contribution in [-0.4, -0.2) is 30.3 Å². The Morgan fingerprint density at radius 1 is 1.37 bits per heavy atom. The summed E-state index contributed by atoms with van der Waals surface area (Å²) in [6, 6.07) is 5.25. The number of amides is 1. The van der Waals surface area contributed by atoms with Gasteiger partial charge in [-0.1, -0.05) is 18.9 Å². The van der Waals surface area contributed by atoms with Gasteiger partial charge in [0.05, 0.1) is 19.3 Å². The van der Waals surface area contributed by atoms with Crippen LogP contribution in [-0.2, 0) is 0 Å². The minimum Gasteiger partial charge on any atom is -0.496 e. The van der Waals surface area contributed by atoms with Crippen molar-refractivity contribution in [1.82, 2.24) is 5.32 Å². The summed E-state index contributed by atoms with van der Waals surface area (Å²) in [4.78, 5) is 12.2. The van der Waals surface area contributed by atoms with Gasteiger partial charge in [0, 0.05) is 5.56 Å². The maximum atomic E-state index is 12.2. The van der Waals surface area contributed by atoms with Gasteiger partial charge in [-0.25, -0.2) is 0 Å². The lowest BCUT2D eigenvalue weighted by Crippen LogP contribution is -2.45. The Labute approximate surface area is 113 Å². The van der Waals surface area contributed by atoms with Crippen molar-refractivity contribution in [2.45, 2.75) is 44.8 Å². The molecule has 0 aliphatic heterocycles. The van der Waals surface area contributed by atoms with Crippen LogP contribution in [0, 0.1) is 6.92 Å². The van der Waals surface area contributed by atoms with Gasteiger partial charge in [-0.2, -0.15) is 0 Å². The molecule has 2 rings (SSSR count). The van der Waals surface area contributed by atoms with Gasteiger partial charge >= 0.3 is 0 Å². The van der Waals surface area contributed by atoms with Crippen molar-refractivity contribution in [2.75, 3.05) is 7.11 Å². The molecule has 0 unspecified atom stereocenters. The first-order valence-corrected chi connectivity index (χ1v) is 6.75. The van der Waals surface area contributed by atoms with Crippen LogP contribution in [0.5, 0.6) is 5.75 Å². The summed E-state index contributed by atoms with van der Waals surface area (Å²) in [5, 5.41) is 12.8. The van der Waals surface area contributed by atoms with E-state index in [0.717, 1.165) is 31.2 Å². The monoisotopic (exact) mass is 263 g/mol. The smallest absolute Gasteiger partial charge is 0.251 e. The Bertz CT molecular complexity index is 459. The Hall–Kier alpha value is -1.55. The highest BCUT2D eigenvalue weighted by Crippen LogP contribution is 2.21. The van der Waals surface area contributed by atoms with Crippen molar-refractivity contribution in [3.05, 3.63) is 29.3 Å². The molecule has 0 bridgehead atoms. The van der Waals surface area contributed by atoms with E-state index in [4.69, 9.17) is 4.74 Å². The molecule has 0 heterocycles. The fourth-order valence-electron chi connectivity index (χ4n) is 2.49. The molecule has 19 heavy (non-hydrogen) atoms. The van der Waals surface area contributed by atoms with Gasteiger partial charge in [0.15, 0.2) is 0 Å². The summed E-state index contributed by atoms with van der Waals surface area (Å²) >= 11 is 0. The molecule has 4 nitrogen and oxygen atoms in total. The molecular weight excluding hydrogens is 242 g/mol. The molecule has 2 N–H and O–H groups in total. The quantitative estimate of drug-likeness (QED) is 0.877. The molecular formula is C15H21NO3. The highest BCUT2D eigenvalue weighted by Gasteiger charge is 2.24. The van der Waals surface area contributed by atoms with Crippen LogP contribution in [0.4, 0.5) is 0 Å². The average Bonchev–Trinajstić information content (AvgIpc) is 2.42. The van der Waals surface area contributed by atoms with E-state index >= 15 is 0 Å². The van der Waals surface area contributed by atoms with E-state index in [9.17, 15) is 9.90 Å². The molecule has 1 aromatic carbocycles. The predicted molar refractivity (Wildman–Crippen MR) is 73.5 cm³/mol. The summed E-state index contributed by atoms with van der Waals surface area (Å²) in [6.45, 7) is 1.94. The number of carbonyl (C=O) groups excluding carboxylic acids is 1. The molecule has 1 fully saturated rings. The number of aryl methyl sites for hydroxylation is 1. The first-order chi connectivity index (χ1) is 9.11. The van der Waals surface area contributed by atoms with E-state index in [-0.39, 0.29) is 11.9 Å². The van der Waals surface area contributed by atoms with Crippen LogP contribution in [0.1, 0.15) is 41.6 Å². The van der Waals surface area contributed by atoms with Crippen molar-refractivity contribution in [1.29, 1.82) is 0 Å². The third kappa shape index (κ3) is 3.26. The number of rotatable bonds is 3. The van der Waals surface area contributed by atoms with Crippen molar-refractivity contribution in [3.8, 4) is 5.75 Å². The van der Waals surface area contributed by atoms with E-state index in [0.29, 0.717) is 11.3 Å². The fourth-order valence-corrected chi connectivity index (χ4v) is 2.49.